The van der Waals surface area contributed by atoms with Gasteiger partial charge >= 0.3 is 5.97 Å². The second-order valence-electron chi connectivity index (χ2n) is 4.62. The standard InChI is InChI=1S/C16H24O3/c1-18-13-9-4-2-3-5-10-14-19-16(17)15-11-7-6-8-12-15/h6-8,11-12H,2-5,9-10,13-14H2,1H3. The monoisotopic (exact) mass is 264 g/mol. The Morgan fingerprint density at radius 3 is 2.11 bits per heavy atom. The lowest BCUT2D eigenvalue weighted by molar-refractivity contribution is 0.0497. The quantitative estimate of drug-likeness (QED) is 0.476. The van der Waals surface area contributed by atoms with Crippen molar-refractivity contribution >= 4 is 5.97 Å². The van der Waals surface area contributed by atoms with Crippen LogP contribution in [0.15, 0.2) is 30.3 Å². The van der Waals surface area contributed by atoms with Crippen molar-refractivity contribution in [1.29, 1.82) is 0 Å². The molecule has 0 radical (unpaired) electrons. The van der Waals surface area contributed by atoms with E-state index in [0.717, 1.165) is 25.9 Å². The number of benzene rings is 1. The molecule has 0 saturated heterocycles. The molecule has 3 nitrogen and oxygen atoms in total. The molecule has 0 aliphatic carbocycles. The summed E-state index contributed by atoms with van der Waals surface area (Å²) >= 11 is 0. The molecule has 0 atom stereocenters. The molecular formula is C16H24O3. The summed E-state index contributed by atoms with van der Waals surface area (Å²) in [5.74, 6) is -0.222. The Morgan fingerprint density at radius 2 is 1.47 bits per heavy atom. The van der Waals surface area contributed by atoms with Crippen LogP contribution in [0.5, 0.6) is 0 Å². The molecular weight excluding hydrogens is 240 g/mol. The van der Waals surface area contributed by atoms with Crippen molar-refractivity contribution in [2.24, 2.45) is 0 Å². The van der Waals surface area contributed by atoms with Crippen LogP contribution in [-0.4, -0.2) is 26.3 Å². The molecule has 0 aliphatic rings. The highest BCUT2D eigenvalue weighted by molar-refractivity contribution is 5.89. The van der Waals surface area contributed by atoms with Crippen molar-refractivity contribution in [3.05, 3.63) is 35.9 Å². The molecule has 19 heavy (non-hydrogen) atoms. The smallest absolute Gasteiger partial charge is 0.338 e. The number of unbranched alkanes of at least 4 members (excludes halogenated alkanes) is 5. The Bertz CT molecular complexity index is 335. The van der Waals surface area contributed by atoms with Crippen LogP contribution in [0, 0.1) is 0 Å². The third-order valence-electron chi connectivity index (χ3n) is 2.99. The van der Waals surface area contributed by atoms with Gasteiger partial charge in [-0.25, -0.2) is 4.79 Å². The summed E-state index contributed by atoms with van der Waals surface area (Å²) < 4.78 is 10.2. The fraction of sp³-hybridized carbons (Fsp3) is 0.562. The van der Waals surface area contributed by atoms with E-state index in [1.807, 2.05) is 18.2 Å². The Labute approximate surface area is 115 Å². The highest BCUT2D eigenvalue weighted by Crippen LogP contribution is 2.07. The van der Waals surface area contributed by atoms with Crippen molar-refractivity contribution in [1.82, 2.24) is 0 Å². The number of rotatable bonds is 10. The van der Waals surface area contributed by atoms with Gasteiger partial charge in [-0.05, 0) is 25.0 Å². The summed E-state index contributed by atoms with van der Waals surface area (Å²) in [6, 6.07) is 9.13. The first-order valence-corrected chi connectivity index (χ1v) is 7.05. The fourth-order valence-electron chi connectivity index (χ4n) is 1.88. The Kier molecular flexibility index (Phi) is 8.73. The van der Waals surface area contributed by atoms with Crippen LogP contribution in [0.25, 0.3) is 0 Å². The lowest BCUT2D eigenvalue weighted by atomic mass is 10.1. The lowest BCUT2D eigenvalue weighted by Crippen LogP contribution is -2.06. The number of esters is 1. The molecule has 0 aromatic heterocycles. The van der Waals surface area contributed by atoms with Crippen LogP contribution in [0.4, 0.5) is 0 Å². The molecule has 3 heteroatoms. The van der Waals surface area contributed by atoms with E-state index in [1.165, 1.54) is 19.3 Å². The maximum absolute atomic E-state index is 11.6. The second-order valence-corrected chi connectivity index (χ2v) is 4.62. The number of methoxy groups -OCH3 is 1. The number of hydrogen-bond donors (Lipinski definition) is 0. The molecule has 1 aromatic rings. The van der Waals surface area contributed by atoms with E-state index in [1.54, 1.807) is 19.2 Å². The maximum atomic E-state index is 11.6. The van der Waals surface area contributed by atoms with Crippen molar-refractivity contribution in [2.45, 2.75) is 38.5 Å². The first-order valence-electron chi connectivity index (χ1n) is 7.05. The van der Waals surface area contributed by atoms with E-state index in [2.05, 4.69) is 0 Å². The van der Waals surface area contributed by atoms with Crippen LogP contribution in [0.2, 0.25) is 0 Å². The van der Waals surface area contributed by atoms with Gasteiger partial charge in [-0.15, -0.1) is 0 Å². The third-order valence-corrected chi connectivity index (χ3v) is 2.99. The van der Waals surface area contributed by atoms with Crippen LogP contribution in [-0.2, 0) is 9.47 Å². The zero-order chi connectivity index (χ0) is 13.8. The Hall–Kier alpha value is -1.35. The molecule has 0 fully saturated rings. The van der Waals surface area contributed by atoms with Crippen LogP contribution < -0.4 is 0 Å². The maximum Gasteiger partial charge on any atom is 0.338 e. The van der Waals surface area contributed by atoms with Crippen molar-refractivity contribution in [3.63, 3.8) is 0 Å². The summed E-state index contributed by atoms with van der Waals surface area (Å²) in [7, 11) is 1.74. The predicted molar refractivity (Wildman–Crippen MR) is 76.3 cm³/mol. The molecule has 0 N–H and O–H groups in total. The third kappa shape index (κ3) is 7.62. The van der Waals surface area contributed by atoms with Gasteiger partial charge in [-0.2, -0.15) is 0 Å². The van der Waals surface area contributed by atoms with E-state index in [0.29, 0.717) is 12.2 Å². The van der Waals surface area contributed by atoms with Crippen molar-refractivity contribution in [2.75, 3.05) is 20.3 Å². The normalized spacial score (nSPS) is 10.4. The Balaban J connectivity index is 1.95. The van der Waals surface area contributed by atoms with Gasteiger partial charge in [-0.3, -0.25) is 0 Å². The molecule has 0 unspecified atom stereocenters. The fourth-order valence-corrected chi connectivity index (χ4v) is 1.88. The zero-order valence-corrected chi connectivity index (χ0v) is 11.8. The number of hydrogen-bond acceptors (Lipinski definition) is 3. The minimum absolute atomic E-state index is 0.222. The largest absolute Gasteiger partial charge is 0.462 e. The van der Waals surface area contributed by atoms with Crippen LogP contribution in [0.1, 0.15) is 48.9 Å². The molecule has 0 heterocycles. The van der Waals surface area contributed by atoms with Crippen molar-refractivity contribution in [3.8, 4) is 0 Å². The summed E-state index contributed by atoms with van der Waals surface area (Å²) in [4.78, 5) is 11.6. The molecule has 0 bridgehead atoms. The summed E-state index contributed by atoms with van der Waals surface area (Å²) in [5.41, 5.74) is 0.627. The van der Waals surface area contributed by atoms with E-state index < -0.39 is 0 Å². The molecule has 0 spiro atoms. The molecule has 0 amide bonds. The minimum atomic E-state index is -0.222. The van der Waals surface area contributed by atoms with Gasteiger partial charge in [0, 0.05) is 13.7 Å². The molecule has 1 aromatic carbocycles. The zero-order valence-electron chi connectivity index (χ0n) is 11.8. The van der Waals surface area contributed by atoms with Crippen LogP contribution >= 0.6 is 0 Å². The first-order chi connectivity index (χ1) is 9.34. The average molecular weight is 264 g/mol. The minimum Gasteiger partial charge on any atom is -0.462 e. The molecule has 106 valence electrons. The van der Waals surface area contributed by atoms with Gasteiger partial charge < -0.3 is 9.47 Å². The van der Waals surface area contributed by atoms with Gasteiger partial charge in [0.25, 0.3) is 0 Å². The highest BCUT2D eigenvalue weighted by Gasteiger charge is 2.04. The van der Waals surface area contributed by atoms with E-state index >= 15 is 0 Å². The van der Waals surface area contributed by atoms with E-state index in [-0.39, 0.29) is 5.97 Å². The highest BCUT2D eigenvalue weighted by atomic mass is 16.5. The predicted octanol–water partition coefficient (Wildman–Crippen LogP) is 3.83. The van der Waals surface area contributed by atoms with E-state index in [4.69, 9.17) is 9.47 Å². The SMILES string of the molecule is COCCCCCCCCOC(=O)c1ccccc1. The topological polar surface area (TPSA) is 35.5 Å². The second kappa shape index (κ2) is 10.6. The summed E-state index contributed by atoms with van der Waals surface area (Å²) in [6.07, 6.45) is 6.86. The van der Waals surface area contributed by atoms with Gasteiger partial charge in [0.1, 0.15) is 0 Å². The summed E-state index contributed by atoms with van der Waals surface area (Å²) in [5, 5.41) is 0. The van der Waals surface area contributed by atoms with E-state index in [9.17, 15) is 4.79 Å². The number of carbonyl (C=O) groups is 1. The molecule has 0 aliphatic heterocycles. The van der Waals surface area contributed by atoms with Crippen LogP contribution in [0.3, 0.4) is 0 Å². The van der Waals surface area contributed by atoms with Gasteiger partial charge in [0.2, 0.25) is 0 Å². The average Bonchev–Trinajstić information content (AvgIpc) is 2.46. The van der Waals surface area contributed by atoms with Crippen molar-refractivity contribution < 1.29 is 14.3 Å². The molecule has 0 saturated carbocycles. The van der Waals surface area contributed by atoms with Gasteiger partial charge in [0.05, 0.1) is 12.2 Å². The summed E-state index contributed by atoms with van der Waals surface area (Å²) in [6.45, 7) is 1.38. The Morgan fingerprint density at radius 1 is 0.895 bits per heavy atom. The molecule has 1 rings (SSSR count). The first kappa shape index (κ1) is 15.7. The number of ether oxygens (including phenoxy) is 2. The van der Waals surface area contributed by atoms with Gasteiger partial charge in [-0.1, -0.05) is 43.9 Å². The number of carbonyl (C=O) groups excluding carboxylic acids is 1. The van der Waals surface area contributed by atoms with Gasteiger partial charge in [0.15, 0.2) is 0 Å². The lowest BCUT2D eigenvalue weighted by Gasteiger charge is -2.05.